The second-order valence-corrected chi connectivity index (χ2v) is 6.56. The van der Waals surface area contributed by atoms with Crippen molar-refractivity contribution in [2.75, 3.05) is 7.05 Å². The molecule has 0 aliphatic heterocycles. The first kappa shape index (κ1) is 13.1. The molecule has 1 N–H and O–H groups in total. The smallest absolute Gasteiger partial charge is 0.0323 e. The first-order valence-corrected chi connectivity index (χ1v) is 8.22. The molecule has 108 valence electrons. The van der Waals surface area contributed by atoms with Crippen molar-refractivity contribution in [3.8, 4) is 0 Å². The Morgan fingerprint density at radius 2 is 1.90 bits per heavy atom. The van der Waals surface area contributed by atoms with Gasteiger partial charge in [-0.05, 0) is 72.9 Å². The normalized spacial score (nSPS) is 20.5. The van der Waals surface area contributed by atoms with Crippen LogP contribution in [-0.4, -0.2) is 7.05 Å². The summed E-state index contributed by atoms with van der Waals surface area (Å²) in [6.07, 6.45) is 6.34. The van der Waals surface area contributed by atoms with E-state index < -0.39 is 0 Å². The summed E-state index contributed by atoms with van der Waals surface area (Å²) < 4.78 is 0. The van der Waals surface area contributed by atoms with E-state index in [4.69, 9.17) is 0 Å². The summed E-state index contributed by atoms with van der Waals surface area (Å²) in [5, 5.41) is 3.54. The summed E-state index contributed by atoms with van der Waals surface area (Å²) in [7, 11) is 2.10. The summed E-state index contributed by atoms with van der Waals surface area (Å²) in [5.41, 5.74) is 7.75. The Balaban J connectivity index is 1.53. The maximum atomic E-state index is 3.54. The molecule has 0 amide bonds. The molecule has 2 aliphatic carbocycles. The molecule has 2 atom stereocenters. The van der Waals surface area contributed by atoms with Gasteiger partial charge < -0.3 is 5.32 Å². The molecule has 21 heavy (non-hydrogen) atoms. The number of benzene rings is 2. The zero-order valence-electron chi connectivity index (χ0n) is 12.7. The molecule has 0 saturated carbocycles. The van der Waals surface area contributed by atoms with E-state index in [1.54, 1.807) is 22.3 Å². The fourth-order valence-corrected chi connectivity index (χ4v) is 4.09. The van der Waals surface area contributed by atoms with Crippen LogP contribution in [-0.2, 0) is 19.3 Å². The van der Waals surface area contributed by atoms with Crippen LogP contribution in [0.25, 0.3) is 0 Å². The van der Waals surface area contributed by atoms with Gasteiger partial charge in [0.25, 0.3) is 0 Å². The van der Waals surface area contributed by atoms with Crippen LogP contribution in [0, 0.1) is 0 Å². The minimum absolute atomic E-state index is 0.481. The van der Waals surface area contributed by atoms with Gasteiger partial charge in [0.05, 0.1) is 0 Å². The van der Waals surface area contributed by atoms with Gasteiger partial charge in [-0.15, -0.1) is 0 Å². The molecule has 0 fully saturated rings. The molecule has 2 aliphatic rings. The number of aryl methyl sites for hydroxylation is 2. The van der Waals surface area contributed by atoms with Crippen molar-refractivity contribution in [2.45, 2.75) is 44.1 Å². The number of hydrogen-bond acceptors (Lipinski definition) is 1. The maximum Gasteiger partial charge on any atom is 0.0323 e. The molecular weight excluding hydrogens is 254 g/mol. The second kappa shape index (κ2) is 5.31. The van der Waals surface area contributed by atoms with Crippen molar-refractivity contribution in [3.05, 3.63) is 70.3 Å². The Morgan fingerprint density at radius 1 is 1.05 bits per heavy atom. The van der Waals surface area contributed by atoms with Crippen LogP contribution in [0.3, 0.4) is 0 Å². The fourth-order valence-electron chi connectivity index (χ4n) is 4.09. The standard InChI is InChI=1S/C20H23N/c1-21-20(13-18-12-16-5-2-3-8-19(16)18)17-10-9-14-6-4-7-15(14)11-17/h2-3,5,8-11,18,20-21H,4,6-7,12-13H2,1H3. The number of fused-ring (bicyclic) bond motifs is 2. The van der Waals surface area contributed by atoms with Crippen LogP contribution in [0.15, 0.2) is 42.5 Å². The van der Waals surface area contributed by atoms with Crippen LogP contribution < -0.4 is 5.32 Å². The molecule has 4 rings (SSSR count). The highest BCUT2D eigenvalue weighted by molar-refractivity contribution is 5.41. The first-order valence-electron chi connectivity index (χ1n) is 8.22. The molecule has 0 saturated heterocycles. The van der Waals surface area contributed by atoms with Gasteiger partial charge >= 0.3 is 0 Å². The van der Waals surface area contributed by atoms with Gasteiger partial charge in [-0.25, -0.2) is 0 Å². The molecule has 0 aromatic heterocycles. The van der Waals surface area contributed by atoms with E-state index in [0.29, 0.717) is 6.04 Å². The SMILES string of the molecule is CNC(CC1Cc2ccccc21)c1ccc2c(c1)CCC2. The number of rotatable bonds is 4. The summed E-state index contributed by atoms with van der Waals surface area (Å²) in [4.78, 5) is 0. The van der Waals surface area contributed by atoms with E-state index in [2.05, 4.69) is 54.8 Å². The average Bonchev–Trinajstić information content (AvgIpc) is 2.96. The molecule has 2 aromatic carbocycles. The fraction of sp³-hybridized carbons (Fsp3) is 0.400. The zero-order chi connectivity index (χ0) is 14.2. The Bertz CT molecular complexity index is 659. The highest BCUT2D eigenvalue weighted by Gasteiger charge is 2.28. The van der Waals surface area contributed by atoms with E-state index in [-0.39, 0.29) is 0 Å². The van der Waals surface area contributed by atoms with Crippen molar-refractivity contribution < 1.29 is 0 Å². The lowest BCUT2D eigenvalue weighted by Crippen LogP contribution is -2.25. The molecule has 0 bridgehead atoms. The lowest BCUT2D eigenvalue weighted by molar-refractivity contribution is 0.452. The molecule has 1 heteroatoms. The largest absolute Gasteiger partial charge is 0.313 e. The molecule has 0 radical (unpaired) electrons. The van der Waals surface area contributed by atoms with Gasteiger partial charge in [-0.3, -0.25) is 0 Å². The van der Waals surface area contributed by atoms with Gasteiger partial charge in [-0.1, -0.05) is 42.5 Å². The second-order valence-electron chi connectivity index (χ2n) is 6.56. The van der Waals surface area contributed by atoms with Crippen molar-refractivity contribution in [3.63, 3.8) is 0 Å². The summed E-state index contributed by atoms with van der Waals surface area (Å²) >= 11 is 0. The Hall–Kier alpha value is -1.60. The Labute approximate surface area is 127 Å². The topological polar surface area (TPSA) is 12.0 Å². The van der Waals surface area contributed by atoms with Crippen LogP contribution >= 0.6 is 0 Å². The number of hydrogen-bond donors (Lipinski definition) is 1. The Morgan fingerprint density at radius 3 is 2.76 bits per heavy atom. The van der Waals surface area contributed by atoms with Crippen molar-refractivity contribution in [1.82, 2.24) is 5.32 Å². The summed E-state index contributed by atoms with van der Waals surface area (Å²) in [6, 6.07) is 16.5. The predicted molar refractivity (Wildman–Crippen MR) is 87.8 cm³/mol. The minimum atomic E-state index is 0.481. The lowest BCUT2D eigenvalue weighted by atomic mass is 9.73. The predicted octanol–water partition coefficient (Wildman–Crippen LogP) is 4.17. The quantitative estimate of drug-likeness (QED) is 0.884. The van der Waals surface area contributed by atoms with Crippen LogP contribution in [0.1, 0.15) is 52.6 Å². The molecule has 0 spiro atoms. The van der Waals surface area contributed by atoms with Gasteiger partial charge in [0.2, 0.25) is 0 Å². The van der Waals surface area contributed by atoms with Crippen LogP contribution in [0.4, 0.5) is 0 Å². The van der Waals surface area contributed by atoms with Crippen molar-refractivity contribution in [1.29, 1.82) is 0 Å². The number of nitrogens with one attached hydrogen (secondary N) is 1. The third kappa shape index (κ3) is 2.30. The van der Waals surface area contributed by atoms with E-state index in [1.807, 2.05) is 0 Å². The molecule has 0 heterocycles. The summed E-state index contributed by atoms with van der Waals surface area (Å²) in [5.74, 6) is 0.729. The van der Waals surface area contributed by atoms with Crippen LogP contribution in [0.2, 0.25) is 0 Å². The van der Waals surface area contributed by atoms with Crippen molar-refractivity contribution in [2.24, 2.45) is 0 Å². The zero-order valence-corrected chi connectivity index (χ0v) is 12.7. The van der Waals surface area contributed by atoms with E-state index in [1.165, 1.54) is 37.7 Å². The third-order valence-electron chi connectivity index (χ3n) is 5.35. The van der Waals surface area contributed by atoms with Gasteiger partial charge in [0.1, 0.15) is 0 Å². The van der Waals surface area contributed by atoms with E-state index in [0.717, 1.165) is 5.92 Å². The van der Waals surface area contributed by atoms with Crippen LogP contribution in [0.5, 0.6) is 0 Å². The van der Waals surface area contributed by atoms with Gasteiger partial charge in [-0.2, -0.15) is 0 Å². The maximum absolute atomic E-state index is 3.54. The molecule has 2 unspecified atom stereocenters. The van der Waals surface area contributed by atoms with E-state index in [9.17, 15) is 0 Å². The minimum Gasteiger partial charge on any atom is -0.313 e. The van der Waals surface area contributed by atoms with Crippen molar-refractivity contribution >= 4 is 0 Å². The van der Waals surface area contributed by atoms with Gasteiger partial charge in [0.15, 0.2) is 0 Å². The van der Waals surface area contributed by atoms with E-state index >= 15 is 0 Å². The monoisotopic (exact) mass is 277 g/mol. The summed E-state index contributed by atoms with van der Waals surface area (Å²) in [6.45, 7) is 0. The highest BCUT2D eigenvalue weighted by atomic mass is 14.9. The molecule has 1 nitrogen and oxygen atoms in total. The molecule has 2 aromatic rings. The highest BCUT2D eigenvalue weighted by Crippen LogP contribution is 2.41. The first-order chi connectivity index (χ1) is 10.3. The molecular formula is C20H23N. The van der Waals surface area contributed by atoms with Gasteiger partial charge in [0, 0.05) is 6.04 Å². The third-order valence-corrected chi connectivity index (χ3v) is 5.35. The lowest BCUT2D eigenvalue weighted by Gasteiger charge is -2.33. The Kier molecular flexibility index (Phi) is 3.31. The average molecular weight is 277 g/mol.